The largest absolute Gasteiger partial charge is 0.497 e. The molecule has 0 amide bonds. The smallest absolute Gasteiger partial charge is 0.126 e. The molecular weight excluding hydrogens is 434 g/mol. The zero-order valence-electron chi connectivity index (χ0n) is 19.4. The number of nitrogens with zero attached hydrogens (tertiary/aromatic N) is 1. The predicted octanol–water partition coefficient (Wildman–Crippen LogP) is 5.63. The van der Waals surface area contributed by atoms with Crippen LogP contribution in [0.3, 0.4) is 0 Å². The van der Waals surface area contributed by atoms with Gasteiger partial charge in [-0.1, -0.05) is 67.1 Å². The van der Waals surface area contributed by atoms with E-state index in [1.807, 2.05) is 54.6 Å². The maximum absolute atomic E-state index is 12.7. The number of hydrogen-bond donors (Lipinski definition) is 1. The Labute approximate surface area is 203 Å². The number of benzene rings is 3. The van der Waals surface area contributed by atoms with Crippen LogP contribution in [0.4, 0.5) is 0 Å². The predicted molar refractivity (Wildman–Crippen MR) is 136 cm³/mol. The molecule has 3 aromatic rings. The summed E-state index contributed by atoms with van der Waals surface area (Å²) in [6.07, 6.45) is 3.69. The Balaban J connectivity index is 0.00000306. The number of aliphatic hydroxyl groups is 1. The van der Waals surface area contributed by atoms with Crippen molar-refractivity contribution in [1.82, 2.24) is 4.90 Å². The Morgan fingerprint density at radius 2 is 1.45 bits per heavy atom. The van der Waals surface area contributed by atoms with Crippen molar-refractivity contribution in [3.8, 4) is 11.5 Å². The van der Waals surface area contributed by atoms with Gasteiger partial charge in [0.15, 0.2) is 0 Å². The lowest BCUT2D eigenvalue weighted by molar-refractivity contribution is 0.0290. The number of halogens is 1. The Bertz CT molecular complexity index is 990. The molecule has 2 unspecified atom stereocenters. The fraction of sp³-hybridized carbons (Fsp3) is 0.357. The number of methoxy groups -OCH3 is 2. The minimum Gasteiger partial charge on any atom is -0.497 e. The van der Waals surface area contributed by atoms with Crippen LogP contribution in [-0.4, -0.2) is 43.9 Å². The van der Waals surface area contributed by atoms with Gasteiger partial charge in [0.2, 0.25) is 0 Å². The van der Waals surface area contributed by atoms with Crippen LogP contribution in [0.15, 0.2) is 78.9 Å². The summed E-state index contributed by atoms with van der Waals surface area (Å²) in [4.78, 5) is 2.49. The number of piperidine rings is 1. The van der Waals surface area contributed by atoms with Crippen molar-refractivity contribution in [2.75, 3.05) is 33.9 Å². The van der Waals surface area contributed by atoms with Crippen molar-refractivity contribution < 1.29 is 14.6 Å². The minimum absolute atomic E-state index is 0. The molecule has 0 radical (unpaired) electrons. The van der Waals surface area contributed by atoms with E-state index in [4.69, 9.17) is 9.47 Å². The third kappa shape index (κ3) is 5.35. The molecule has 1 N–H and O–H groups in total. The van der Waals surface area contributed by atoms with E-state index < -0.39 is 5.60 Å². The van der Waals surface area contributed by atoms with Gasteiger partial charge in [0.05, 0.1) is 14.2 Å². The van der Waals surface area contributed by atoms with E-state index in [1.54, 1.807) is 14.2 Å². The monoisotopic (exact) mass is 467 g/mol. The van der Waals surface area contributed by atoms with E-state index >= 15 is 0 Å². The van der Waals surface area contributed by atoms with Crippen LogP contribution in [-0.2, 0) is 5.60 Å². The average Bonchev–Trinajstić information content (AvgIpc) is 2.88. The van der Waals surface area contributed by atoms with Gasteiger partial charge in [0.1, 0.15) is 17.1 Å². The molecule has 0 saturated carbocycles. The first kappa shape index (κ1) is 25.1. The molecule has 33 heavy (non-hydrogen) atoms. The van der Waals surface area contributed by atoms with Crippen molar-refractivity contribution in [2.45, 2.75) is 30.8 Å². The molecule has 4 rings (SSSR count). The number of hydrogen-bond acceptors (Lipinski definition) is 4. The lowest BCUT2D eigenvalue weighted by atomic mass is 9.72. The number of ether oxygens (including phenoxy) is 2. The first-order chi connectivity index (χ1) is 15.7. The second-order valence-electron chi connectivity index (χ2n) is 8.52. The van der Waals surface area contributed by atoms with Crippen LogP contribution < -0.4 is 9.47 Å². The van der Waals surface area contributed by atoms with Crippen molar-refractivity contribution in [1.29, 1.82) is 0 Å². The second kappa shape index (κ2) is 11.6. The topological polar surface area (TPSA) is 41.9 Å². The zero-order valence-corrected chi connectivity index (χ0v) is 20.3. The van der Waals surface area contributed by atoms with Gasteiger partial charge in [-0.15, -0.1) is 12.4 Å². The fourth-order valence-electron chi connectivity index (χ4n) is 4.91. The summed E-state index contributed by atoms with van der Waals surface area (Å²) in [5.41, 5.74) is 1.44. The minimum atomic E-state index is -1.28. The zero-order chi connectivity index (χ0) is 22.4. The SMILES string of the molecule is COc1ccc(C(O)(c2ccccc2OC)C(CN2CCCCC2)c2ccccc2)cc1.Cl. The van der Waals surface area contributed by atoms with Crippen molar-refractivity contribution in [3.05, 3.63) is 95.6 Å². The highest BCUT2D eigenvalue weighted by Gasteiger charge is 2.44. The molecule has 0 spiro atoms. The maximum atomic E-state index is 12.7. The quantitative estimate of drug-likeness (QED) is 0.466. The molecule has 1 heterocycles. The summed E-state index contributed by atoms with van der Waals surface area (Å²) in [5, 5.41) is 12.7. The highest BCUT2D eigenvalue weighted by atomic mass is 35.5. The molecule has 1 fully saturated rings. The van der Waals surface area contributed by atoms with Crippen molar-refractivity contribution >= 4 is 12.4 Å². The summed E-state index contributed by atoms with van der Waals surface area (Å²) >= 11 is 0. The first-order valence-corrected chi connectivity index (χ1v) is 11.4. The third-order valence-electron chi connectivity index (χ3n) is 6.64. The van der Waals surface area contributed by atoms with E-state index in [2.05, 4.69) is 29.2 Å². The number of para-hydroxylation sites is 1. The lowest BCUT2D eigenvalue weighted by Gasteiger charge is -2.41. The van der Waals surface area contributed by atoms with Crippen molar-refractivity contribution in [3.63, 3.8) is 0 Å². The molecule has 176 valence electrons. The van der Waals surface area contributed by atoms with Gasteiger partial charge in [-0.3, -0.25) is 0 Å². The molecule has 1 saturated heterocycles. The van der Waals surface area contributed by atoms with Gasteiger partial charge < -0.3 is 19.5 Å². The Kier molecular flexibility index (Phi) is 8.79. The number of rotatable bonds is 8. The third-order valence-corrected chi connectivity index (χ3v) is 6.64. The second-order valence-corrected chi connectivity index (χ2v) is 8.52. The molecule has 3 aromatic carbocycles. The molecule has 1 aliphatic rings. The summed E-state index contributed by atoms with van der Waals surface area (Å²) < 4.78 is 11.1. The standard InChI is InChI=1S/C28H33NO3.ClH/c1-31-24-17-15-23(16-18-24)28(30,25-13-7-8-14-27(25)32-2)26(22-11-5-3-6-12-22)21-29-19-9-4-10-20-29;/h3,5-8,11-18,26,30H,4,9-10,19-21H2,1-2H3;1H. The summed E-state index contributed by atoms with van der Waals surface area (Å²) in [6.45, 7) is 2.90. The maximum Gasteiger partial charge on any atom is 0.126 e. The van der Waals surface area contributed by atoms with Gasteiger partial charge in [-0.2, -0.15) is 0 Å². The highest BCUT2D eigenvalue weighted by Crippen LogP contribution is 2.46. The van der Waals surface area contributed by atoms with Crippen LogP contribution in [0, 0.1) is 0 Å². The lowest BCUT2D eigenvalue weighted by Crippen LogP contribution is -2.43. The Morgan fingerprint density at radius 3 is 2.09 bits per heavy atom. The Hall–Kier alpha value is -2.53. The molecular formula is C28H34ClNO3. The van der Waals surface area contributed by atoms with Gasteiger partial charge in [0.25, 0.3) is 0 Å². The molecule has 0 bridgehead atoms. The average molecular weight is 468 g/mol. The van der Waals surface area contributed by atoms with Gasteiger partial charge in [-0.25, -0.2) is 0 Å². The van der Waals surface area contributed by atoms with Crippen LogP contribution in [0.2, 0.25) is 0 Å². The van der Waals surface area contributed by atoms with Crippen LogP contribution >= 0.6 is 12.4 Å². The Morgan fingerprint density at radius 1 is 0.818 bits per heavy atom. The van der Waals surface area contributed by atoms with E-state index in [0.29, 0.717) is 5.75 Å². The van der Waals surface area contributed by atoms with Crippen LogP contribution in [0.5, 0.6) is 11.5 Å². The summed E-state index contributed by atoms with van der Waals surface area (Å²) in [6, 6.07) is 26.0. The van der Waals surface area contributed by atoms with E-state index in [1.165, 1.54) is 19.3 Å². The van der Waals surface area contributed by atoms with Crippen molar-refractivity contribution in [2.24, 2.45) is 0 Å². The summed E-state index contributed by atoms with van der Waals surface area (Å²) in [7, 11) is 3.32. The van der Waals surface area contributed by atoms with E-state index in [-0.39, 0.29) is 18.3 Å². The molecule has 0 aromatic heterocycles. The van der Waals surface area contributed by atoms with Gasteiger partial charge in [-0.05, 0) is 55.3 Å². The van der Waals surface area contributed by atoms with Gasteiger partial charge >= 0.3 is 0 Å². The summed E-state index contributed by atoms with van der Waals surface area (Å²) in [5.74, 6) is 1.28. The molecule has 1 aliphatic heterocycles. The molecule has 4 nitrogen and oxygen atoms in total. The van der Waals surface area contributed by atoms with E-state index in [9.17, 15) is 5.11 Å². The number of likely N-dealkylation sites (tertiary alicyclic amines) is 1. The molecule has 0 aliphatic carbocycles. The normalized spacial score (nSPS) is 16.8. The van der Waals surface area contributed by atoms with Crippen LogP contribution in [0.25, 0.3) is 0 Å². The van der Waals surface area contributed by atoms with Gasteiger partial charge in [0, 0.05) is 18.0 Å². The molecule has 2 atom stereocenters. The van der Waals surface area contributed by atoms with Crippen LogP contribution in [0.1, 0.15) is 41.9 Å². The van der Waals surface area contributed by atoms with E-state index in [0.717, 1.165) is 42.1 Å². The first-order valence-electron chi connectivity index (χ1n) is 11.4. The fourth-order valence-corrected chi connectivity index (χ4v) is 4.91. The highest BCUT2D eigenvalue weighted by molar-refractivity contribution is 5.85. The molecule has 5 heteroatoms.